The first-order valence-electron chi connectivity index (χ1n) is 4.64. The number of carbonyl (C=O) groups is 1. The Morgan fingerprint density at radius 1 is 1.64 bits per heavy atom. The highest BCUT2D eigenvalue weighted by atomic mass is 16.4. The number of rotatable bonds is 1. The molecule has 1 rings (SSSR count). The summed E-state index contributed by atoms with van der Waals surface area (Å²) in [7, 11) is 0. The Bertz CT molecular complexity index is 243. The smallest absolute Gasteiger partial charge is 0.407 e. The molecule has 1 aliphatic rings. The molecule has 6 heteroatoms. The molecule has 0 saturated carbocycles. The van der Waals surface area contributed by atoms with Crippen molar-refractivity contribution in [3.05, 3.63) is 0 Å². The zero-order valence-corrected chi connectivity index (χ0v) is 8.23. The third kappa shape index (κ3) is 2.07. The second kappa shape index (κ2) is 4.17. The van der Waals surface area contributed by atoms with Gasteiger partial charge in [0.15, 0.2) is 5.96 Å². The van der Waals surface area contributed by atoms with Gasteiger partial charge in [-0.25, -0.2) is 4.79 Å². The van der Waals surface area contributed by atoms with Gasteiger partial charge in [-0.15, -0.1) is 0 Å². The first kappa shape index (κ1) is 10.6. The summed E-state index contributed by atoms with van der Waals surface area (Å²) in [6.07, 6.45) is -0.143. The number of hydrogen-bond donors (Lipinski definition) is 3. The van der Waals surface area contributed by atoms with Crippen molar-refractivity contribution < 1.29 is 9.90 Å². The minimum Gasteiger partial charge on any atom is -0.465 e. The van der Waals surface area contributed by atoms with Crippen LogP contribution < -0.4 is 5.73 Å². The Labute approximate surface area is 82.8 Å². The van der Waals surface area contributed by atoms with E-state index in [0.29, 0.717) is 19.6 Å². The summed E-state index contributed by atoms with van der Waals surface area (Å²) in [5, 5.41) is 16.2. The van der Waals surface area contributed by atoms with E-state index >= 15 is 0 Å². The van der Waals surface area contributed by atoms with Gasteiger partial charge in [-0.3, -0.25) is 5.41 Å². The highest BCUT2D eigenvalue weighted by Gasteiger charge is 2.29. The third-order valence-electron chi connectivity index (χ3n) is 2.54. The number of piperazine rings is 1. The normalized spacial score (nSPS) is 22.2. The van der Waals surface area contributed by atoms with Crippen LogP contribution in [0.25, 0.3) is 0 Å². The van der Waals surface area contributed by atoms with E-state index in [2.05, 4.69) is 0 Å². The van der Waals surface area contributed by atoms with Gasteiger partial charge in [0.1, 0.15) is 0 Å². The van der Waals surface area contributed by atoms with Crippen LogP contribution in [0.2, 0.25) is 0 Å². The Hall–Kier alpha value is -1.46. The fourth-order valence-electron chi connectivity index (χ4n) is 1.68. The van der Waals surface area contributed by atoms with Gasteiger partial charge in [-0.1, -0.05) is 6.92 Å². The zero-order valence-electron chi connectivity index (χ0n) is 8.23. The molecule has 1 unspecified atom stereocenters. The first-order valence-corrected chi connectivity index (χ1v) is 4.64. The van der Waals surface area contributed by atoms with Crippen molar-refractivity contribution in [3.8, 4) is 0 Å². The fourth-order valence-corrected chi connectivity index (χ4v) is 1.68. The van der Waals surface area contributed by atoms with Crippen molar-refractivity contribution in [1.82, 2.24) is 9.80 Å². The van der Waals surface area contributed by atoms with Gasteiger partial charge in [0, 0.05) is 19.6 Å². The Kier molecular flexibility index (Phi) is 3.16. The molecule has 1 amide bonds. The molecule has 1 aliphatic heterocycles. The maximum absolute atomic E-state index is 10.8. The molecule has 0 spiro atoms. The molecule has 0 aromatic rings. The van der Waals surface area contributed by atoms with Gasteiger partial charge in [0.05, 0.1) is 6.04 Å². The number of carboxylic acid groups (broad SMARTS) is 1. The molecule has 0 aromatic carbocycles. The highest BCUT2D eigenvalue weighted by Crippen LogP contribution is 2.12. The monoisotopic (exact) mass is 200 g/mol. The van der Waals surface area contributed by atoms with Gasteiger partial charge >= 0.3 is 6.09 Å². The summed E-state index contributed by atoms with van der Waals surface area (Å²) in [5.74, 6) is 0.0217. The van der Waals surface area contributed by atoms with E-state index in [1.165, 1.54) is 4.90 Å². The molecule has 0 bridgehead atoms. The number of nitrogens with two attached hydrogens (primary N) is 1. The summed E-state index contributed by atoms with van der Waals surface area (Å²) in [5.41, 5.74) is 5.35. The van der Waals surface area contributed by atoms with E-state index in [-0.39, 0.29) is 12.0 Å². The van der Waals surface area contributed by atoms with E-state index in [0.717, 1.165) is 6.42 Å². The van der Waals surface area contributed by atoms with Crippen LogP contribution in [0.1, 0.15) is 13.3 Å². The Morgan fingerprint density at radius 2 is 2.29 bits per heavy atom. The van der Waals surface area contributed by atoms with Crippen LogP contribution in [0.4, 0.5) is 4.79 Å². The minimum absolute atomic E-state index is 0.0217. The van der Waals surface area contributed by atoms with Gasteiger partial charge in [0.2, 0.25) is 0 Å². The SMILES string of the molecule is CCC1CN(C(=N)N)CCN1C(=O)O. The topological polar surface area (TPSA) is 93.7 Å². The predicted octanol–water partition coefficient (Wildman–Crippen LogP) is -0.0459. The number of nitrogens with zero attached hydrogens (tertiary/aromatic N) is 2. The van der Waals surface area contributed by atoms with Gasteiger partial charge < -0.3 is 20.6 Å². The van der Waals surface area contributed by atoms with E-state index in [4.69, 9.17) is 16.2 Å². The fraction of sp³-hybridized carbons (Fsp3) is 0.750. The predicted molar refractivity (Wildman–Crippen MR) is 52.3 cm³/mol. The summed E-state index contributed by atoms with van der Waals surface area (Å²) >= 11 is 0. The van der Waals surface area contributed by atoms with Crippen LogP contribution in [-0.4, -0.2) is 52.6 Å². The lowest BCUT2D eigenvalue weighted by Gasteiger charge is -2.39. The molecule has 6 nitrogen and oxygen atoms in total. The van der Waals surface area contributed by atoms with Crippen LogP contribution in [0, 0.1) is 5.41 Å². The van der Waals surface area contributed by atoms with Gasteiger partial charge in [-0.05, 0) is 6.42 Å². The lowest BCUT2D eigenvalue weighted by atomic mass is 10.1. The molecule has 1 saturated heterocycles. The first-order chi connectivity index (χ1) is 6.56. The molecule has 1 atom stereocenters. The Balaban J connectivity index is 2.63. The van der Waals surface area contributed by atoms with Crippen molar-refractivity contribution in [3.63, 3.8) is 0 Å². The number of amides is 1. The number of hydrogen-bond acceptors (Lipinski definition) is 2. The van der Waals surface area contributed by atoms with Gasteiger partial charge in [-0.2, -0.15) is 0 Å². The largest absolute Gasteiger partial charge is 0.465 e. The second-order valence-electron chi connectivity index (χ2n) is 3.37. The van der Waals surface area contributed by atoms with Crippen molar-refractivity contribution in [2.45, 2.75) is 19.4 Å². The molecule has 0 aliphatic carbocycles. The van der Waals surface area contributed by atoms with Crippen molar-refractivity contribution >= 4 is 12.1 Å². The van der Waals surface area contributed by atoms with Crippen LogP contribution in [0.15, 0.2) is 0 Å². The molecule has 1 heterocycles. The lowest BCUT2D eigenvalue weighted by Crippen LogP contribution is -2.57. The van der Waals surface area contributed by atoms with E-state index in [1.54, 1.807) is 4.90 Å². The van der Waals surface area contributed by atoms with Crippen LogP contribution in [-0.2, 0) is 0 Å². The molecule has 0 radical (unpaired) electrons. The molecular weight excluding hydrogens is 184 g/mol. The third-order valence-corrected chi connectivity index (χ3v) is 2.54. The molecule has 80 valence electrons. The van der Waals surface area contributed by atoms with E-state index in [1.807, 2.05) is 6.92 Å². The summed E-state index contributed by atoms with van der Waals surface area (Å²) in [6.45, 7) is 3.40. The molecule has 14 heavy (non-hydrogen) atoms. The average Bonchev–Trinajstić information content (AvgIpc) is 2.16. The number of nitrogens with one attached hydrogen (secondary N) is 1. The average molecular weight is 200 g/mol. The van der Waals surface area contributed by atoms with Crippen molar-refractivity contribution in [2.75, 3.05) is 19.6 Å². The molecule has 1 fully saturated rings. The summed E-state index contributed by atoms with van der Waals surface area (Å²) in [6, 6.07) is -0.0508. The standard InChI is InChI=1S/C8H16N4O2/c1-2-6-5-11(7(9)10)3-4-12(6)8(13)14/h6H,2-5H2,1H3,(H3,9,10)(H,13,14). The molecule has 4 N–H and O–H groups in total. The van der Waals surface area contributed by atoms with Crippen molar-refractivity contribution in [2.24, 2.45) is 5.73 Å². The second-order valence-corrected chi connectivity index (χ2v) is 3.37. The van der Waals surface area contributed by atoms with E-state index < -0.39 is 6.09 Å². The van der Waals surface area contributed by atoms with Crippen LogP contribution in [0.5, 0.6) is 0 Å². The quantitative estimate of drug-likeness (QED) is 0.409. The maximum atomic E-state index is 10.8. The lowest BCUT2D eigenvalue weighted by molar-refractivity contribution is 0.0880. The highest BCUT2D eigenvalue weighted by molar-refractivity contribution is 5.75. The van der Waals surface area contributed by atoms with Crippen LogP contribution >= 0.6 is 0 Å². The maximum Gasteiger partial charge on any atom is 0.407 e. The summed E-state index contributed by atoms with van der Waals surface area (Å²) in [4.78, 5) is 13.9. The van der Waals surface area contributed by atoms with Gasteiger partial charge in [0.25, 0.3) is 0 Å². The van der Waals surface area contributed by atoms with E-state index in [9.17, 15) is 4.79 Å². The summed E-state index contributed by atoms with van der Waals surface area (Å²) < 4.78 is 0. The van der Waals surface area contributed by atoms with Crippen molar-refractivity contribution in [1.29, 1.82) is 5.41 Å². The minimum atomic E-state index is -0.889. The molecular formula is C8H16N4O2. The Morgan fingerprint density at radius 3 is 2.71 bits per heavy atom. The van der Waals surface area contributed by atoms with Crippen LogP contribution in [0.3, 0.4) is 0 Å². The zero-order chi connectivity index (χ0) is 10.7. The molecule has 0 aromatic heterocycles. The number of guanidine groups is 1.